The minimum Gasteiger partial charge on any atom is -0.336 e. The van der Waals surface area contributed by atoms with E-state index in [2.05, 4.69) is 0 Å². The van der Waals surface area contributed by atoms with Gasteiger partial charge in [-0.2, -0.15) is 22.0 Å². The highest BCUT2D eigenvalue weighted by Crippen LogP contribution is 2.38. The number of carbonyl (C=O) groups is 1. The van der Waals surface area contributed by atoms with Crippen LogP contribution in [-0.2, 0) is 4.79 Å². The molecule has 8 heteroatoms. The number of fused-ring (bicyclic) bond motifs is 2. The Kier molecular flexibility index (Phi) is 3.49. The summed E-state index contributed by atoms with van der Waals surface area (Å²) >= 11 is 0. The molecule has 2 bridgehead atoms. The number of carbonyl (C=O) groups excluding carboxylic acids is 1. The third-order valence-corrected chi connectivity index (χ3v) is 4.06. The Morgan fingerprint density at radius 2 is 1.63 bits per heavy atom. The summed E-state index contributed by atoms with van der Waals surface area (Å²) in [5.74, 6) is -7.42. The van der Waals surface area contributed by atoms with Gasteiger partial charge >= 0.3 is 18.0 Å². The van der Waals surface area contributed by atoms with Crippen LogP contribution in [0.5, 0.6) is 0 Å². The van der Waals surface area contributed by atoms with Crippen LogP contribution in [0.25, 0.3) is 0 Å². The van der Waals surface area contributed by atoms with Crippen LogP contribution in [0.15, 0.2) is 0 Å². The van der Waals surface area contributed by atoms with Crippen molar-refractivity contribution in [1.29, 1.82) is 0 Å². The maximum atomic E-state index is 13.1. The van der Waals surface area contributed by atoms with Gasteiger partial charge in [-0.15, -0.1) is 0 Å². The fourth-order valence-corrected chi connectivity index (χ4v) is 2.81. The minimum atomic E-state index is -5.83. The van der Waals surface area contributed by atoms with E-state index in [1.807, 2.05) is 11.9 Å². The molecule has 0 aromatic rings. The van der Waals surface area contributed by atoms with Crippen molar-refractivity contribution >= 4 is 5.91 Å². The number of hydrogen-bond acceptors (Lipinski definition) is 2. The van der Waals surface area contributed by atoms with Crippen molar-refractivity contribution in [1.82, 2.24) is 9.80 Å². The number of nitrogens with zero attached hydrogens (tertiary/aromatic N) is 2. The molecule has 2 aliphatic rings. The van der Waals surface area contributed by atoms with Crippen LogP contribution in [-0.4, -0.2) is 60.0 Å². The molecule has 2 atom stereocenters. The van der Waals surface area contributed by atoms with E-state index in [1.54, 1.807) is 0 Å². The van der Waals surface area contributed by atoms with Gasteiger partial charge in [0.15, 0.2) is 0 Å². The molecule has 0 radical (unpaired) electrons. The lowest BCUT2D eigenvalue weighted by Gasteiger charge is -2.29. The highest BCUT2D eigenvalue weighted by molar-refractivity contribution is 5.84. The minimum absolute atomic E-state index is 0.0456. The van der Waals surface area contributed by atoms with Crippen LogP contribution in [0.1, 0.15) is 19.3 Å². The highest BCUT2D eigenvalue weighted by Gasteiger charge is 2.64. The Hall–Kier alpha value is -0.920. The molecule has 2 saturated heterocycles. The van der Waals surface area contributed by atoms with Crippen LogP contribution in [0.4, 0.5) is 22.0 Å². The van der Waals surface area contributed by atoms with Gasteiger partial charge in [-0.25, -0.2) is 0 Å². The van der Waals surface area contributed by atoms with Crippen molar-refractivity contribution in [3.05, 3.63) is 0 Å². The first-order valence-electron chi connectivity index (χ1n) is 6.10. The molecule has 1 amide bonds. The molecule has 110 valence electrons. The van der Waals surface area contributed by atoms with E-state index in [1.165, 1.54) is 0 Å². The topological polar surface area (TPSA) is 23.6 Å². The van der Waals surface area contributed by atoms with Gasteiger partial charge in [-0.1, -0.05) is 0 Å². The second kappa shape index (κ2) is 4.57. The Morgan fingerprint density at radius 3 is 2.21 bits per heavy atom. The molecular formula is C11H15F5N2O. The molecule has 2 rings (SSSR count). The van der Waals surface area contributed by atoms with Crippen molar-refractivity contribution in [3.63, 3.8) is 0 Å². The molecule has 0 spiro atoms. The number of halogens is 5. The van der Waals surface area contributed by atoms with Crippen molar-refractivity contribution < 1.29 is 26.7 Å². The fourth-order valence-electron chi connectivity index (χ4n) is 2.81. The van der Waals surface area contributed by atoms with Crippen LogP contribution in [0.2, 0.25) is 0 Å². The van der Waals surface area contributed by atoms with E-state index in [4.69, 9.17) is 0 Å². The molecule has 0 saturated carbocycles. The van der Waals surface area contributed by atoms with Crippen LogP contribution in [0.3, 0.4) is 0 Å². The summed E-state index contributed by atoms with van der Waals surface area (Å²) in [7, 11) is 1.82. The predicted molar refractivity (Wildman–Crippen MR) is 56.8 cm³/mol. The van der Waals surface area contributed by atoms with Crippen molar-refractivity contribution in [2.24, 2.45) is 0 Å². The lowest BCUT2D eigenvalue weighted by Crippen LogP contribution is -2.53. The Labute approximate surface area is 107 Å². The molecular weight excluding hydrogens is 271 g/mol. The normalized spacial score (nSPS) is 29.5. The molecule has 2 heterocycles. The maximum absolute atomic E-state index is 13.1. The van der Waals surface area contributed by atoms with E-state index in [-0.39, 0.29) is 25.2 Å². The van der Waals surface area contributed by atoms with E-state index < -0.39 is 18.0 Å². The molecule has 2 fully saturated rings. The second-order valence-electron chi connectivity index (χ2n) is 5.16. The standard InChI is InChI=1S/C11H15F5N2O/c1-17-7-2-3-8(17)6-18(5-4-7)9(19)10(12,13)11(14,15)16/h7-8H,2-6H2,1H3. The molecule has 0 aromatic heterocycles. The van der Waals surface area contributed by atoms with Gasteiger partial charge in [0.05, 0.1) is 0 Å². The molecule has 3 nitrogen and oxygen atoms in total. The van der Waals surface area contributed by atoms with E-state index in [0.29, 0.717) is 11.3 Å². The zero-order chi connectivity index (χ0) is 14.4. The second-order valence-corrected chi connectivity index (χ2v) is 5.16. The summed E-state index contributed by atoms with van der Waals surface area (Å²) in [6.07, 6.45) is -3.77. The molecule has 0 aromatic carbocycles. The monoisotopic (exact) mass is 286 g/mol. The summed E-state index contributed by atoms with van der Waals surface area (Å²) in [5.41, 5.74) is 0. The number of alkyl halides is 5. The van der Waals surface area contributed by atoms with Gasteiger partial charge in [-0.3, -0.25) is 9.69 Å². The van der Waals surface area contributed by atoms with Gasteiger partial charge in [0, 0.05) is 25.2 Å². The number of amides is 1. The Morgan fingerprint density at radius 1 is 1.05 bits per heavy atom. The molecule has 0 aliphatic carbocycles. The fraction of sp³-hybridized carbons (Fsp3) is 0.909. The maximum Gasteiger partial charge on any atom is 0.463 e. The van der Waals surface area contributed by atoms with Crippen molar-refractivity contribution in [2.45, 2.75) is 43.4 Å². The van der Waals surface area contributed by atoms with Gasteiger partial charge in [0.2, 0.25) is 0 Å². The first-order chi connectivity index (χ1) is 8.64. The van der Waals surface area contributed by atoms with Crippen molar-refractivity contribution in [3.8, 4) is 0 Å². The molecule has 0 N–H and O–H groups in total. The van der Waals surface area contributed by atoms with Crippen molar-refractivity contribution in [2.75, 3.05) is 20.1 Å². The molecule has 2 unspecified atom stereocenters. The van der Waals surface area contributed by atoms with E-state index in [9.17, 15) is 26.7 Å². The van der Waals surface area contributed by atoms with Crippen LogP contribution < -0.4 is 0 Å². The zero-order valence-corrected chi connectivity index (χ0v) is 10.4. The average Bonchev–Trinajstić information content (AvgIpc) is 2.50. The van der Waals surface area contributed by atoms with E-state index >= 15 is 0 Å². The predicted octanol–water partition coefficient (Wildman–Crippen LogP) is 1.88. The van der Waals surface area contributed by atoms with E-state index in [0.717, 1.165) is 12.8 Å². The number of rotatable bonds is 1. The molecule has 19 heavy (non-hydrogen) atoms. The summed E-state index contributed by atoms with van der Waals surface area (Å²) in [6, 6.07) is 0.0443. The first-order valence-corrected chi connectivity index (χ1v) is 6.10. The molecule has 2 aliphatic heterocycles. The Bertz CT molecular complexity index is 371. The lowest BCUT2D eigenvalue weighted by atomic mass is 10.1. The van der Waals surface area contributed by atoms with Gasteiger partial charge < -0.3 is 4.90 Å². The number of hydrogen-bond donors (Lipinski definition) is 0. The number of likely N-dealkylation sites (N-methyl/N-ethyl adjacent to an activating group) is 1. The summed E-state index contributed by atoms with van der Waals surface area (Å²) in [6.45, 7) is -0.104. The van der Waals surface area contributed by atoms with Gasteiger partial charge in [0.1, 0.15) is 0 Å². The van der Waals surface area contributed by atoms with Gasteiger partial charge in [-0.05, 0) is 26.3 Å². The first kappa shape index (κ1) is 14.5. The van der Waals surface area contributed by atoms with Crippen LogP contribution in [0, 0.1) is 0 Å². The summed E-state index contributed by atoms with van der Waals surface area (Å²) < 4.78 is 62.7. The van der Waals surface area contributed by atoms with Crippen LogP contribution >= 0.6 is 0 Å². The smallest absolute Gasteiger partial charge is 0.336 e. The third-order valence-electron chi connectivity index (χ3n) is 4.06. The highest BCUT2D eigenvalue weighted by atomic mass is 19.4. The summed E-state index contributed by atoms with van der Waals surface area (Å²) in [5, 5.41) is 0. The third kappa shape index (κ3) is 2.42. The lowest BCUT2D eigenvalue weighted by molar-refractivity contribution is -0.274. The quantitative estimate of drug-likeness (QED) is 0.687. The van der Waals surface area contributed by atoms with Gasteiger partial charge in [0.25, 0.3) is 0 Å². The average molecular weight is 286 g/mol. The summed E-state index contributed by atoms with van der Waals surface area (Å²) in [4.78, 5) is 14.1. The number of likely N-dealkylation sites (tertiary alicyclic amines) is 1. The SMILES string of the molecule is CN1C2CCC1CN(C(=O)C(F)(F)C(F)(F)F)CC2. The largest absolute Gasteiger partial charge is 0.463 e. The zero-order valence-electron chi connectivity index (χ0n) is 10.4. The Balaban J connectivity index is 2.13.